The number of carbonyl (C=O) groups is 2. The van der Waals surface area contributed by atoms with Crippen LogP contribution in [0.2, 0.25) is 10.0 Å². The van der Waals surface area contributed by atoms with Crippen molar-refractivity contribution in [2.45, 2.75) is 45.8 Å². The van der Waals surface area contributed by atoms with Crippen LogP contribution in [0.15, 0.2) is 24.3 Å². The van der Waals surface area contributed by atoms with E-state index in [1.54, 1.807) is 18.2 Å². The summed E-state index contributed by atoms with van der Waals surface area (Å²) in [5.74, 6) is -0.776. The number of hydrogen-bond acceptors (Lipinski definition) is 4. The second-order valence-corrected chi connectivity index (χ2v) is 7.81. The molecule has 5 nitrogen and oxygen atoms in total. The van der Waals surface area contributed by atoms with Gasteiger partial charge in [0.05, 0.1) is 12.5 Å². The molecule has 2 aromatic rings. The third kappa shape index (κ3) is 4.77. The number of aryl methyl sites for hydroxylation is 1. The molecule has 7 heteroatoms. The van der Waals surface area contributed by atoms with E-state index >= 15 is 0 Å². The fourth-order valence-electron chi connectivity index (χ4n) is 3.48. The number of esters is 1. The second-order valence-electron chi connectivity index (χ2n) is 6.99. The van der Waals surface area contributed by atoms with Crippen LogP contribution in [0.4, 0.5) is 0 Å². The summed E-state index contributed by atoms with van der Waals surface area (Å²) in [4.78, 5) is 24.7. The van der Waals surface area contributed by atoms with Gasteiger partial charge in [0.15, 0.2) is 6.61 Å². The molecule has 0 aliphatic carbocycles. The molecule has 0 bridgehead atoms. The first-order valence-corrected chi connectivity index (χ1v) is 10.0. The molecule has 1 aliphatic heterocycles. The lowest BCUT2D eigenvalue weighted by Gasteiger charge is -2.14. The van der Waals surface area contributed by atoms with Crippen LogP contribution in [0, 0.1) is 13.8 Å². The first kappa shape index (κ1) is 20.9. The first-order chi connectivity index (χ1) is 13.4. The van der Waals surface area contributed by atoms with Crippen LogP contribution < -0.4 is 0 Å². The van der Waals surface area contributed by atoms with Gasteiger partial charge in [-0.25, -0.2) is 0 Å². The Morgan fingerprint density at radius 1 is 1.25 bits per heavy atom. The van der Waals surface area contributed by atoms with Gasteiger partial charge < -0.3 is 14.0 Å². The molecule has 1 aliphatic rings. The second kappa shape index (κ2) is 9.12. The highest BCUT2D eigenvalue weighted by Crippen LogP contribution is 2.25. The smallest absolute Gasteiger partial charge is 0.310 e. The molecule has 150 valence electrons. The van der Waals surface area contributed by atoms with E-state index in [1.165, 1.54) is 0 Å². The maximum Gasteiger partial charge on any atom is 0.310 e. The molecule has 0 radical (unpaired) electrons. The van der Waals surface area contributed by atoms with Crippen molar-refractivity contribution in [3.8, 4) is 0 Å². The van der Waals surface area contributed by atoms with E-state index in [0.717, 1.165) is 37.4 Å². The van der Waals surface area contributed by atoms with Crippen molar-refractivity contribution in [2.24, 2.45) is 0 Å². The van der Waals surface area contributed by atoms with Crippen molar-refractivity contribution < 1.29 is 19.1 Å². The Morgan fingerprint density at radius 2 is 1.96 bits per heavy atom. The van der Waals surface area contributed by atoms with Crippen molar-refractivity contribution in [1.29, 1.82) is 0 Å². The Morgan fingerprint density at radius 3 is 2.61 bits per heavy atom. The molecule has 3 rings (SSSR count). The number of carbonyl (C=O) groups excluding carboxylic acids is 2. The third-order valence-corrected chi connectivity index (χ3v) is 5.74. The molecule has 0 amide bonds. The molecule has 1 aromatic carbocycles. The van der Waals surface area contributed by atoms with E-state index in [1.807, 2.05) is 19.9 Å². The Bertz CT molecular complexity index is 865. The molecule has 0 saturated carbocycles. The van der Waals surface area contributed by atoms with Gasteiger partial charge in [0, 0.05) is 45.7 Å². The Hall–Kier alpha value is -1.82. The van der Waals surface area contributed by atoms with Crippen molar-refractivity contribution >= 4 is 35.0 Å². The van der Waals surface area contributed by atoms with Gasteiger partial charge in [-0.05, 0) is 44.9 Å². The van der Waals surface area contributed by atoms with Crippen LogP contribution in [-0.2, 0) is 27.2 Å². The Kier molecular flexibility index (Phi) is 6.81. The number of aromatic nitrogens is 1. The maximum atomic E-state index is 12.6. The van der Waals surface area contributed by atoms with Gasteiger partial charge in [-0.3, -0.25) is 9.59 Å². The summed E-state index contributed by atoms with van der Waals surface area (Å²) in [5, 5.41) is 0.793. The molecular formula is C21H23Cl2NO4. The number of nitrogens with zero attached hydrogens (tertiary/aromatic N) is 1. The van der Waals surface area contributed by atoms with E-state index in [9.17, 15) is 9.59 Å². The van der Waals surface area contributed by atoms with Gasteiger partial charge in [0.1, 0.15) is 0 Å². The van der Waals surface area contributed by atoms with E-state index in [4.69, 9.17) is 32.7 Å². The average Bonchev–Trinajstić information content (AvgIpc) is 3.26. The van der Waals surface area contributed by atoms with Crippen molar-refractivity contribution in [3.05, 3.63) is 56.8 Å². The predicted molar refractivity (Wildman–Crippen MR) is 108 cm³/mol. The standard InChI is InChI=1S/C21H23Cl2NO4/c1-13-9-16(14(2)24(13)11-15-5-4-8-27-15)20(25)12-28-21(26)10-17-18(22)6-3-7-19(17)23/h3,6-7,9,15H,4-5,8,10-12H2,1-2H3/t15-/m1/s1. The SMILES string of the molecule is Cc1cc(C(=O)COC(=O)Cc2c(Cl)cccc2Cl)c(C)n1C[C@H]1CCCO1. The molecular weight excluding hydrogens is 401 g/mol. The molecule has 1 aromatic heterocycles. The lowest BCUT2D eigenvalue weighted by atomic mass is 10.1. The van der Waals surface area contributed by atoms with E-state index in [0.29, 0.717) is 21.2 Å². The number of halogens is 2. The van der Waals surface area contributed by atoms with Crippen LogP contribution in [0.1, 0.15) is 40.2 Å². The van der Waals surface area contributed by atoms with Crippen LogP contribution in [0.25, 0.3) is 0 Å². The topological polar surface area (TPSA) is 57.5 Å². The summed E-state index contributed by atoms with van der Waals surface area (Å²) in [6, 6.07) is 6.86. The molecule has 2 heterocycles. The van der Waals surface area contributed by atoms with Gasteiger partial charge in [-0.1, -0.05) is 29.3 Å². The Balaban J connectivity index is 1.61. The molecule has 28 heavy (non-hydrogen) atoms. The van der Waals surface area contributed by atoms with Crippen LogP contribution in [-0.4, -0.2) is 35.6 Å². The molecule has 1 fully saturated rings. The van der Waals surface area contributed by atoms with Crippen LogP contribution in [0.3, 0.4) is 0 Å². The Labute approximate surface area is 174 Å². The summed E-state index contributed by atoms with van der Waals surface area (Å²) in [7, 11) is 0. The van der Waals surface area contributed by atoms with Gasteiger partial charge in [-0.2, -0.15) is 0 Å². The number of hydrogen-bond donors (Lipinski definition) is 0. The van der Waals surface area contributed by atoms with Gasteiger partial charge in [0.25, 0.3) is 0 Å². The van der Waals surface area contributed by atoms with Crippen molar-refractivity contribution in [1.82, 2.24) is 4.57 Å². The monoisotopic (exact) mass is 423 g/mol. The highest BCUT2D eigenvalue weighted by Gasteiger charge is 2.22. The molecule has 1 atom stereocenters. The highest BCUT2D eigenvalue weighted by molar-refractivity contribution is 6.36. The summed E-state index contributed by atoms with van der Waals surface area (Å²) in [6.45, 7) is 5.08. The number of Topliss-reactive ketones (excluding diaryl/α,β-unsaturated/α-hetero) is 1. The summed E-state index contributed by atoms with van der Waals surface area (Å²) >= 11 is 12.1. The fraction of sp³-hybridized carbons (Fsp3) is 0.429. The minimum atomic E-state index is -0.545. The summed E-state index contributed by atoms with van der Waals surface area (Å²) in [5.41, 5.74) is 2.92. The first-order valence-electron chi connectivity index (χ1n) is 9.27. The minimum absolute atomic E-state index is 0.0795. The fourth-order valence-corrected chi connectivity index (χ4v) is 4.01. The molecule has 0 spiro atoms. The number of benzene rings is 1. The lowest BCUT2D eigenvalue weighted by Crippen LogP contribution is -2.18. The number of rotatable bonds is 7. The third-order valence-electron chi connectivity index (χ3n) is 5.03. The maximum absolute atomic E-state index is 12.6. The van der Waals surface area contributed by atoms with E-state index in [2.05, 4.69) is 4.57 Å². The van der Waals surface area contributed by atoms with Crippen molar-refractivity contribution in [3.63, 3.8) is 0 Å². The number of ether oxygens (including phenoxy) is 2. The summed E-state index contributed by atoms with van der Waals surface area (Å²) < 4.78 is 13.0. The van der Waals surface area contributed by atoms with Gasteiger partial charge in [0.2, 0.25) is 5.78 Å². The van der Waals surface area contributed by atoms with Crippen LogP contribution in [0.5, 0.6) is 0 Å². The minimum Gasteiger partial charge on any atom is -0.457 e. The van der Waals surface area contributed by atoms with Crippen molar-refractivity contribution in [2.75, 3.05) is 13.2 Å². The zero-order valence-electron chi connectivity index (χ0n) is 16.0. The van der Waals surface area contributed by atoms with Gasteiger partial charge in [-0.15, -0.1) is 0 Å². The normalized spacial score (nSPS) is 16.4. The van der Waals surface area contributed by atoms with E-state index in [-0.39, 0.29) is 24.9 Å². The molecule has 0 N–H and O–H groups in total. The van der Waals surface area contributed by atoms with Crippen LogP contribution >= 0.6 is 23.2 Å². The zero-order valence-corrected chi connectivity index (χ0v) is 17.5. The summed E-state index contributed by atoms with van der Waals surface area (Å²) in [6.07, 6.45) is 2.21. The van der Waals surface area contributed by atoms with Gasteiger partial charge >= 0.3 is 5.97 Å². The average molecular weight is 424 g/mol. The molecule has 1 saturated heterocycles. The zero-order chi connectivity index (χ0) is 20.3. The number of ketones is 1. The molecule has 0 unspecified atom stereocenters. The quantitative estimate of drug-likeness (QED) is 0.483. The lowest BCUT2D eigenvalue weighted by molar-refractivity contribution is -0.141. The van der Waals surface area contributed by atoms with E-state index < -0.39 is 5.97 Å². The largest absolute Gasteiger partial charge is 0.457 e. The highest BCUT2D eigenvalue weighted by atomic mass is 35.5. The predicted octanol–water partition coefficient (Wildman–Crippen LogP) is 4.56.